The van der Waals surface area contributed by atoms with E-state index in [0.717, 1.165) is 12.8 Å². The summed E-state index contributed by atoms with van der Waals surface area (Å²) in [6.45, 7) is -0.201. The van der Waals surface area contributed by atoms with Crippen LogP contribution in [0.4, 0.5) is 8.78 Å². The summed E-state index contributed by atoms with van der Waals surface area (Å²) in [5.74, 6) is -3.27. The second-order valence-corrected chi connectivity index (χ2v) is 8.69. The van der Waals surface area contributed by atoms with Crippen LogP contribution in [0.5, 0.6) is 0 Å². The van der Waals surface area contributed by atoms with Gasteiger partial charge in [0.15, 0.2) is 0 Å². The zero-order chi connectivity index (χ0) is 15.5. The minimum atomic E-state index is -3.26. The SMILES string of the molecule is CS(=O)(=O)N1CC[C@@]2(CCC[C@@H]2C(=O)N2CC(F)(F)C2)C1. The standard InChI is InChI=1S/C13H20F2N2O3S/c1-21(19,20)17-6-5-12(7-17)4-2-3-10(12)11(18)16-8-13(14,15)9-16/h10H,2-9H2,1H3/t10-,12+/m1/s1. The lowest BCUT2D eigenvalue weighted by molar-refractivity contribution is -0.172. The first-order chi connectivity index (χ1) is 9.63. The van der Waals surface area contributed by atoms with Gasteiger partial charge in [-0.3, -0.25) is 4.79 Å². The summed E-state index contributed by atoms with van der Waals surface area (Å²) in [4.78, 5) is 13.7. The minimum absolute atomic E-state index is 0.214. The molecule has 120 valence electrons. The van der Waals surface area contributed by atoms with Crippen molar-refractivity contribution in [3.63, 3.8) is 0 Å². The van der Waals surface area contributed by atoms with E-state index in [1.807, 2.05) is 0 Å². The largest absolute Gasteiger partial charge is 0.330 e. The predicted octanol–water partition coefficient (Wildman–Crippen LogP) is 0.916. The van der Waals surface area contributed by atoms with E-state index in [0.29, 0.717) is 25.9 Å². The van der Waals surface area contributed by atoms with Gasteiger partial charge in [0.2, 0.25) is 15.9 Å². The zero-order valence-corrected chi connectivity index (χ0v) is 12.8. The molecule has 3 rings (SSSR count). The van der Waals surface area contributed by atoms with Crippen molar-refractivity contribution >= 4 is 15.9 Å². The van der Waals surface area contributed by atoms with Crippen LogP contribution in [0.15, 0.2) is 0 Å². The molecule has 2 saturated heterocycles. The number of rotatable bonds is 2. The maximum atomic E-state index is 12.9. The summed E-state index contributed by atoms with van der Waals surface area (Å²) in [6, 6.07) is 0. The molecule has 21 heavy (non-hydrogen) atoms. The summed E-state index contributed by atoms with van der Waals surface area (Å²) in [5, 5.41) is 0. The van der Waals surface area contributed by atoms with E-state index in [9.17, 15) is 22.0 Å². The third-order valence-electron chi connectivity index (χ3n) is 5.18. The Kier molecular flexibility index (Phi) is 3.33. The van der Waals surface area contributed by atoms with Crippen molar-refractivity contribution in [1.82, 2.24) is 9.21 Å². The van der Waals surface area contributed by atoms with Gasteiger partial charge in [-0.05, 0) is 24.7 Å². The van der Waals surface area contributed by atoms with Gasteiger partial charge in [0.05, 0.1) is 19.3 Å². The van der Waals surface area contributed by atoms with Crippen LogP contribution >= 0.6 is 0 Å². The number of likely N-dealkylation sites (tertiary alicyclic amines) is 1. The molecule has 3 fully saturated rings. The van der Waals surface area contributed by atoms with E-state index in [1.54, 1.807) is 0 Å². The van der Waals surface area contributed by atoms with E-state index in [1.165, 1.54) is 15.5 Å². The van der Waals surface area contributed by atoms with Crippen molar-refractivity contribution < 1.29 is 22.0 Å². The number of hydrogen-bond donors (Lipinski definition) is 0. The molecule has 0 unspecified atom stereocenters. The predicted molar refractivity (Wildman–Crippen MR) is 72.3 cm³/mol. The number of halogens is 2. The first kappa shape index (κ1) is 15.1. The highest BCUT2D eigenvalue weighted by Gasteiger charge is 2.55. The number of alkyl halides is 2. The van der Waals surface area contributed by atoms with Crippen molar-refractivity contribution in [2.24, 2.45) is 11.3 Å². The van der Waals surface area contributed by atoms with Gasteiger partial charge in [-0.15, -0.1) is 0 Å². The van der Waals surface area contributed by atoms with Crippen LogP contribution in [0.1, 0.15) is 25.7 Å². The number of amides is 1. The molecule has 0 aromatic carbocycles. The smallest absolute Gasteiger partial charge is 0.282 e. The molecule has 2 atom stereocenters. The van der Waals surface area contributed by atoms with Gasteiger partial charge in [-0.25, -0.2) is 21.5 Å². The lowest BCUT2D eigenvalue weighted by Gasteiger charge is -2.42. The Morgan fingerprint density at radius 2 is 1.86 bits per heavy atom. The van der Waals surface area contributed by atoms with E-state index in [2.05, 4.69) is 0 Å². The summed E-state index contributed by atoms with van der Waals surface area (Å²) in [7, 11) is -3.26. The van der Waals surface area contributed by atoms with E-state index in [-0.39, 0.29) is 17.2 Å². The molecule has 1 amide bonds. The molecule has 0 aromatic rings. The summed E-state index contributed by atoms with van der Waals surface area (Å²) in [6.07, 6.45) is 4.17. The summed E-state index contributed by atoms with van der Waals surface area (Å²) >= 11 is 0. The Balaban J connectivity index is 1.73. The lowest BCUT2D eigenvalue weighted by atomic mass is 9.76. The normalized spacial score (nSPS) is 36.1. The number of hydrogen-bond acceptors (Lipinski definition) is 3. The van der Waals surface area contributed by atoms with Crippen LogP contribution < -0.4 is 0 Å². The molecule has 0 radical (unpaired) electrons. The summed E-state index contributed by atoms with van der Waals surface area (Å²) < 4.78 is 50.6. The number of carbonyl (C=O) groups excluding carboxylic acids is 1. The molecule has 1 aliphatic carbocycles. The van der Waals surface area contributed by atoms with E-state index >= 15 is 0 Å². The fourth-order valence-corrected chi connectivity index (χ4v) is 4.96. The number of sulfonamides is 1. The van der Waals surface area contributed by atoms with Crippen molar-refractivity contribution in [3.05, 3.63) is 0 Å². The average Bonchev–Trinajstić information content (AvgIpc) is 2.93. The first-order valence-electron chi connectivity index (χ1n) is 7.25. The molecule has 1 spiro atoms. The van der Waals surface area contributed by atoms with E-state index < -0.39 is 29.0 Å². The van der Waals surface area contributed by atoms with Crippen LogP contribution in [0, 0.1) is 11.3 Å². The van der Waals surface area contributed by atoms with Crippen LogP contribution in [0.3, 0.4) is 0 Å². The van der Waals surface area contributed by atoms with Crippen molar-refractivity contribution in [3.8, 4) is 0 Å². The zero-order valence-electron chi connectivity index (χ0n) is 12.0. The molecule has 0 bridgehead atoms. The molecule has 0 aromatic heterocycles. The minimum Gasteiger partial charge on any atom is -0.330 e. The fourth-order valence-electron chi connectivity index (χ4n) is 4.04. The average molecular weight is 322 g/mol. The highest BCUT2D eigenvalue weighted by molar-refractivity contribution is 7.88. The Morgan fingerprint density at radius 3 is 2.38 bits per heavy atom. The molecule has 2 aliphatic heterocycles. The number of nitrogens with zero attached hydrogens (tertiary/aromatic N) is 2. The molecule has 1 saturated carbocycles. The molecule has 3 aliphatic rings. The first-order valence-corrected chi connectivity index (χ1v) is 9.10. The van der Waals surface area contributed by atoms with Gasteiger partial charge in [0.25, 0.3) is 5.92 Å². The maximum Gasteiger partial charge on any atom is 0.282 e. The van der Waals surface area contributed by atoms with Crippen LogP contribution in [-0.4, -0.2) is 61.9 Å². The molecule has 2 heterocycles. The Morgan fingerprint density at radius 1 is 1.19 bits per heavy atom. The molecular formula is C13H20F2N2O3S. The molecule has 8 heteroatoms. The molecular weight excluding hydrogens is 302 g/mol. The highest BCUT2D eigenvalue weighted by Crippen LogP contribution is 2.51. The van der Waals surface area contributed by atoms with Gasteiger partial charge < -0.3 is 4.90 Å². The highest BCUT2D eigenvalue weighted by atomic mass is 32.2. The Hall–Kier alpha value is -0.760. The quantitative estimate of drug-likeness (QED) is 0.759. The lowest BCUT2D eigenvalue weighted by Crippen LogP contribution is -2.60. The van der Waals surface area contributed by atoms with Crippen molar-refractivity contribution in [1.29, 1.82) is 0 Å². The second-order valence-electron chi connectivity index (χ2n) is 6.70. The Bertz CT molecular complexity index is 558. The van der Waals surface area contributed by atoms with E-state index in [4.69, 9.17) is 0 Å². The van der Waals surface area contributed by atoms with Crippen LogP contribution in [-0.2, 0) is 14.8 Å². The van der Waals surface area contributed by atoms with Gasteiger partial charge in [0, 0.05) is 19.0 Å². The van der Waals surface area contributed by atoms with Gasteiger partial charge in [0.1, 0.15) is 0 Å². The Labute approximate surface area is 123 Å². The number of carbonyl (C=O) groups is 1. The van der Waals surface area contributed by atoms with Crippen LogP contribution in [0.25, 0.3) is 0 Å². The molecule has 0 N–H and O–H groups in total. The van der Waals surface area contributed by atoms with Crippen LogP contribution in [0.2, 0.25) is 0 Å². The third-order valence-corrected chi connectivity index (χ3v) is 6.43. The second kappa shape index (κ2) is 4.62. The maximum absolute atomic E-state index is 12.9. The topological polar surface area (TPSA) is 57.7 Å². The third kappa shape index (κ3) is 2.56. The van der Waals surface area contributed by atoms with Gasteiger partial charge >= 0.3 is 0 Å². The monoisotopic (exact) mass is 322 g/mol. The van der Waals surface area contributed by atoms with Gasteiger partial charge in [-0.1, -0.05) is 6.42 Å². The van der Waals surface area contributed by atoms with Gasteiger partial charge in [-0.2, -0.15) is 0 Å². The summed E-state index contributed by atoms with van der Waals surface area (Å²) in [5.41, 5.74) is -0.342. The van der Waals surface area contributed by atoms with Crippen molar-refractivity contribution in [2.45, 2.75) is 31.6 Å². The molecule has 5 nitrogen and oxygen atoms in total. The van der Waals surface area contributed by atoms with Crippen molar-refractivity contribution in [2.75, 3.05) is 32.4 Å². The fraction of sp³-hybridized carbons (Fsp3) is 0.923.